The van der Waals surface area contributed by atoms with E-state index in [1.165, 1.54) is 29.8 Å². The lowest BCUT2D eigenvalue weighted by atomic mass is 9.89. The summed E-state index contributed by atoms with van der Waals surface area (Å²) in [7, 11) is 0. The number of aromatic nitrogens is 5. The summed E-state index contributed by atoms with van der Waals surface area (Å²) in [6.45, 7) is 0. The Morgan fingerprint density at radius 2 is 2.03 bits per heavy atom. The Bertz CT molecular complexity index is 1030. The number of halogens is 3. The fourth-order valence-corrected chi connectivity index (χ4v) is 4.02. The normalized spacial score (nSPS) is 15.2. The van der Waals surface area contributed by atoms with Crippen LogP contribution in [0.4, 0.5) is 18.9 Å². The second kappa shape index (κ2) is 9.08. The van der Waals surface area contributed by atoms with Crippen LogP contribution in [0.15, 0.2) is 40.5 Å². The van der Waals surface area contributed by atoms with Crippen molar-refractivity contribution in [1.29, 1.82) is 0 Å². The predicted molar refractivity (Wildman–Crippen MR) is 106 cm³/mol. The van der Waals surface area contributed by atoms with Crippen molar-refractivity contribution in [1.82, 2.24) is 25.0 Å². The number of rotatable bonds is 6. The van der Waals surface area contributed by atoms with E-state index in [1.807, 2.05) is 0 Å². The third-order valence-electron chi connectivity index (χ3n) is 4.97. The van der Waals surface area contributed by atoms with Gasteiger partial charge < -0.3 is 9.73 Å². The molecule has 12 heteroatoms. The number of hydrogen-bond acceptors (Lipinski definition) is 7. The van der Waals surface area contributed by atoms with Crippen molar-refractivity contribution < 1.29 is 22.4 Å². The molecule has 0 atom stereocenters. The molecule has 0 bridgehead atoms. The van der Waals surface area contributed by atoms with Gasteiger partial charge in [0, 0.05) is 5.92 Å². The molecular weight excluding hydrogens is 433 g/mol. The minimum Gasteiger partial charge on any atom is -0.416 e. The van der Waals surface area contributed by atoms with Crippen LogP contribution in [0, 0.1) is 0 Å². The number of nitrogens with one attached hydrogen (secondary N) is 1. The van der Waals surface area contributed by atoms with E-state index in [0.29, 0.717) is 5.89 Å². The zero-order chi connectivity index (χ0) is 21.8. The van der Waals surface area contributed by atoms with Crippen molar-refractivity contribution in [3.63, 3.8) is 0 Å². The molecule has 0 aliphatic heterocycles. The summed E-state index contributed by atoms with van der Waals surface area (Å²) < 4.78 is 46.3. The lowest BCUT2D eigenvalue weighted by Crippen LogP contribution is -2.17. The third kappa shape index (κ3) is 5.24. The molecular formula is C19H19F3N6O2S. The molecule has 2 aromatic heterocycles. The quantitative estimate of drug-likeness (QED) is 0.552. The molecule has 1 amide bonds. The molecule has 1 N–H and O–H groups in total. The zero-order valence-electron chi connectivity index (χ0n) is 16.3. The van der Waals surface area contributed by atoms with E-state index in [1.54, 1.807) is 0 Å². The molecule has 8 nitrogen and oxygen atoms in total. The number of hydrogen-bond donors (Lipinski definition) is 1. The van der Waals surface area contributed by atoms with Crippen molar-refractivity contribution >= 4 is 23.4 Å². The highest BCUT2D eigenvalue weighted by molar-refractivity contribution is 7.99. The maximum atomic E-state index is 13.1. The second-order valence-corrected chi connectivity index (χ2v) is 8.07. The number of carbonyl (C=O) groups is 1. The molecule has 4 rings (SSSR count). The van der Waals surface area contributed by atoms with Crippen LogP contribution >= 0.6 is 11.8 Å². The van der Waals surface area contributed by atoms with E-state index < -0.39 is 17.6 Å². The maximum absolute atomic E-state index is 13.1. The summed E-state index contributed by atoms with van der Waals surface area (Å²) in [6.07, 6.45) is 3.51. The van der Waals surface area contributed by atoms with Crippen molar-refractivity contribution in [3.05, 3.63) is 42.3 Å². The first-order chi connectivity index (χ1) is 14.9. The summed E-state index contributed by atoms with van der Waals surface area (Å²) in [6, 6.07) is 3.02. The largest absolute Gasteiger partial charge is 0.416 e. The van der Waals surface area contributed by atoms with Crippen LogP contribution < -0.4 is 5.32 Å². The molecule has 1 aliphatic rings. The topological polar surface area (TPSA) is 98.7 Å². The predicted octanol–water partition coefficient (Wildman–Crippen LogP) is 4.45. The molecule has 31 heavy (non-hydrogen) atoms. The summed E-state index contributed by atoms with van der Waals surface area (Å²) in [4.78, 5) is 16.2. The minimum atomic E-state index is -4.55. The lowest BCUT2D eigenvalue weighted by molar-refractivity contribution is -0.137. The highest BCUT2D eigenvalue weighted by atomic mass is 32.2. The average molecular weight is 452 g/mol. The molecule has 1 saturated carbocycles. The van der Waals surface area contributed by atoms with Gasteiger partial charge >= 0.3 is 6.18 Å². The smallest absolute Gasteiger partial charge is 0.416 e. The molecule has 1 fully saturated rings. The van der Waals surface area contributed by atoms with E-state index in [4.69, 9.17) is 4.42 Å². The highest BCUT2D eigenvalue weighted by Crippen LogP contribution is 2.34. The molecule has 3 aromatic rings. The van der Waals surface area contributed by atoms with Gasteiger partial charge in [-0.1, -0.05) is 31.0 Å². The van der Waals surface area contributed by atoms with E-state index >= 15 is 0 Å². The van der Waals surface area contributed by atoms with Gasteiger partial charge in [0.25, 0.3) is 5.22 Å². The van der Waals surface area contributed by atoms with Crippen LogP contribution in [-0.4, -0.2) is 36.6 Å². The molecule has 0 unspecified atom stereocenters. The van der Waals surface area contributed by atoms with Crippen LogP contribution in [0.25, 0.3) is 5.69 Å². The van der Waals surface area contributed by atoms with Crippen LogP contribution in [0.2, 0.25) is 0 Å². The molecule has 164 valence electrons. The fourth-order valence-electron chi connectivity index (χ4n) is 3.45. The van der Waals surface area contributed by atoms with E-state index in [-0.39, 0.29) is 28.3 Å². The molecule has 1 aromatic carbocycles. The van der Waals surface area contributed by atoms with Crippen LogP contribution in [0.5, 0.6) is 0 Å². The number of alkyl halides is 3. The Balaban J connectivity index is 1.44. The Morgan fingerprint density at radius 1 is 1.23 bits per heavy atom. The van der Waals surface area contributed by atoms with Gasteiger partial charge in [0.15, 0.2) is 0 Å². The first kappa shape index (κ1) is 21.3. The Kier molecular flexibility index (Phi) is 6.25. The zero-order valence-corrected chi connectivity index (χ0v) is 17.1. The first-order valence-corrected chi connectivity index (χ1v) is 10.7. The Hall–Kier alpha value is -2.89. The van der Waals surface area contributed by atoms with Crippen molar-refractivity contribution in [2.45, 2.75) is 49.4 Å². The minimum absolute atomic E-state index is 0.0284. The van der Waals surface area contributed by atoms with Gasteiger partial charge in [0.2, 0.25) is 11.8 Å². The molecule has 2 heterocycles. The number of anilines is 1. The van der Waals surface area contributed by atoms with E-state index in [9.17, 15) is 18.0 Å². The maximum Gasteiger partial charge on any atom is 0.416 e. The Labute approximate surface area is 179 Å². The standard InChI is InChI=1S/C19H19F3N6O2S/c20-19(21,22)13-6-7-15(28-11-23-10-24-28)14(8-13)25-16(29)9-31-18-27-26-17(30-18)12-4-2-1-3-5-12/h6-8,10-12H,1-5,9H2,(H,25,29). The number of carbonyl (C=O) groups excluding carboxylic acids is 1. The number of amides is 1. The van der Waals surface area contributed by atoms with Crippen molar-refractivity contribution in [2.75, 3.05) is 11.1 Å². The van der Waals surface area contributed by atoms with E-state index in [0.717, 1.165) is 49.6 Å². The number of benzene rings is 1. The molecule has 0 radical (unpaired) electrons. The Morgan fingerprint density at radius 3 is 2.74 bits per heavy atom. The number of thioether (sulfide) groups is 1. The van der Waals surface area contributed by atoms with Gasteiger partial charge in [0.1, 0.15) is 12.7 Å². The van der Waals surface area contributed by atoms with Crippen LogP contribution in [0.1, 0.15) is 49.5 Å². The lowest BCUT2D eigenvalue weighted by Gasteiger charge is -2.17. The summed E-state index contributed by atoms with van der Waals surface area (Å²) in [5, 5.41) is 14.7. The van der Waals surface area contributed by atoms with Gasteiger partial charge in [-0.05, 0) is 31.0 Å². The van der Waals surface area contributed by atoms with Crippen molar-refractivity contribution in [3.8, 4) is 5.69 Å². The summed E-state index contributed by atoms with van der Waals surface area (Å²) in [5.74, 6) is 0.219. The monoisotopic (exact) mass is 452 g/mol. The SMILES string of the molecule is O=C(CSc1nnc(C2CCCCC2)o1)Nc1cc(C(F)(F)F)ccc1-n1cncn1. The molecule has 1 aliphatic carbocycles. The summed E-state index contributed by atoms with van der Waals surface area (Å²) >= 11 is 1.04. The number of nitrogens with zero attached hydrogens (tertiary/aromatic N) is 5. The highest BCUT2D eigenvalue weighted by Gasteiger charge is 2.31. The van der Waals surface area contributed by atoms with Crippen molar-refractivity contribution in [2.24, 2.45) is 0 Å². The third-order valence-corrected chi connectivity index (χ3v) is 5.79. The average Bonchev–Trinajstić information content (AvgIpc) is 3.45. The van der Waals surface area contributed by atoms with Crippen LogP contribution in [-0.2, 0) is 11.0 Å². The van der Waals surface area contributed by atoms with E-state index in [2.05, 4.69) is 25.6 Å². The second-order valence-electron chi connectivity index (χ2n) is 7.15. The first-order valence-electron chi connectivity index (χ1n) is 9.72. The van der Waals surface area contributed by atoms with Gasteiger partial charge in [-0.15, -0.1) is 10.2 Å². The van der Waals surface area contributed by atoms with Gasteiger partial charge in [-0.3, -0.25) is 4.79 Å². The fraction of sp³-hybridized carbons (Fsp3) is 0.421. The molecule has 0 spiro atoms. The molecule has 0 saturated heterocycles. The van der Waals surface area contributed by atoms with Gasteiger partial charge in [-0.25, -0.2) is 9.67 Å². The van der Waals surface area contributed by atoms with Gasteiger partial charge in [-0.2, -0.15) is 18.3 Å². The van der Waals surface area contributed by atoms with Gasteiger partial charge in [0.05, 0.1) is 22.7 Å². The van der Waals surface area contributed by atoms with Crippen LogP contribution in [0.3, 0.4) is 0 Å². The summed E-state index contributed by atoms with van der Waals surface area (Å²) in [5.41, 5.74) is -0.645.